The first-order valence-electron chi connectivity index (χ1n) is 14.3. The lowest BCUT2D eigenvalue weighted by atomic mass is 9.90. The Hall–Kier alpha value is -4.55. The second-order valence-electron chi connectivity index (χ2n) is 10.8. The zero-order valence-corrected chi connectivity index (χ0v) is 24.7. The summed E-state index contributed by atoms with van der Waals surface area (Å²) in [5.41, 5.74) is 2.45. The number of hydrogen-bond donors (Lipinski definition) is 0. The van der Waals surface area contributed by atoms with Crippen LogP contribution < -0.4 is 15.9 Å². The van der Waals surface area contributed by atoms with Crippen molar-refractivity contribution in [3.8, 4) is 11.1 Å². The zero-order chi connectivity index (χ0) is 28.1. The van der Waals surface area contributed by atoms with E-state index in [0.717, 1.165) is 0 Å². The Kier molecular flexibility index (Phi) is 6.04. The molecule has 0 heterocycles. The van der Waals surface area contributed by atoms with Crippen molar-refractivity contribution >= 4 is 76.8 Å². The van der Waals surface area contributed by atoms with E-state index >= 15 is 0 Å². The summed E-state index contributed by atoms with van der Waals surface area (Å²) in [5, 5.41) is 13.9. The van der Waals surface area contributed by atoms with E-state index in [1.807, 2.05) is 0 Å². The topological polar surface area (TPSA) is 0 Å². The molecule has 0 aliphatic carbocycles. The molecule has 8 rings (SSSR count). The van der Waals surface area contributed by atoms with E-state index < -0.39 is 6.04 Å². The van der Waals surface area contributed by atoms with Gasteiger partial charge in [0, 0.05) is 6.04 Å². The number of rotatable bonds is 4. The molecule has 198 valence electrons. The van der Waals surface area contributed by atoms with E-state index in [0.29, 0.717) is 0 Å². The molecule has 0 N–H and O–H groups in total. The molecule has 0 atom stereocenters. The van der Waals surface area contributed by atoms with Crippen LogP contribution in [0.25, 0.3) is 54.2 Å². The highest BCUT2D eigenvalue weighted by Gasteiger charge is 2.24. The maximum atomic E-state index is 6.60. The van der Waals surface area contributed by atoms with Crippen LogP contribution in [0.2, 0.25) is 0 Å². The second-order valence-corrected chi connectivity index (χ2v) is 15.3. The molecule has 0 saturated heterocycles. The van der Waals surface area contributed by atoms with Crippen molar-refractivity contribution in [3.63, 3.8) is 0 Å². The summed E-state index contributed by atoms with van der Waals surface area (Å²) >= 11 is 6.60. The van der Waals surface area contributed by atoms with Gasteiger partial charge in [-0.2, -0.15) is 0 Å². The molecule has 0 bridgehead atoms. The van der Waals surface area contributed by atoms with Crippen LogP contribution in [0.1, 0.15) is 0 Å². The standard InChI is InChI=1S/C40H27PS/c42-41(30-12-3-1-4-13-30,31-14-5-2-6-15-31)32-22-19-29(20-23-32)39-27-40-37-24-21-28-11-7-8-16-33(28)36(37)25-26-38(40)34-17-9-10-18-35(34)39/h1-27H. The quantitative estimate of drug-likeness (QED) is 0.150. The molecule has 8 aromatic rings. The van der Waals surface area contributed by atoms with Gasteiger partial charge in [0.05, 0.1) is 0 Å². The third-order valence-electron chi connectivity index (χ3n) is 8.55. The van der Waals surface area contributed by atoms with E-state index in [1.54, 1.807) is 0 Å². The van der Waals surface area contributed by atoms with Crippen molar-refractivity contribution < 1.29 is 0 Å². The van der Waals surface area contributed by atoms with Gasteiger partial charge in [0.1, 0.15) is 0 Å². The summed E-state index contributed by atoms with van der Waals surface area (Å²) in [5.74, 6) is 0. The minimum atomic E-state index is -2.20. The maximum Gasteiger partial charge on any atom is 0.0379 e. The minimum absolute atomic E-state index is 1.21. The summed E-state index contributed by atoms with van der Waals surface area (Å²) in [7, 11) is 0. The highest BCUT2D eigenvalue weighted by atomic mass is 32.4. The van der Waals surface area contributed by atoms with E-state index in [4.69, 9.17) is 11.8 Å². The van der Waals surface area contributed by atoms with Crippen LogP contribution in [-0.2, 0) is 11.8 Å². The Labute approximate surface area is 250 Å². The summed E-state index contributed by atoms with van der Waals surface area (Å²) in [4.78, 5) is 0. The number of benzene rings is 8. The highest BCUT2D eigenvalue weighted by molar-refractivity contribution is 8.25. The second kappa shape index (κ2) is 10.1. The lowest BCUT2D eigenvalue weighted by Gasteiger charge is -2.24. The predicted molar refractivity (Wildman–Crippen MR) is 188 cm³/mol. The molecular formula is C40H27PS. The van der Waals surface area contributed by atoms with Crippen LogP contribution in [0, 0.1) is 0 Å². The van der Waals surface area contributed by atoms with Gasteiger partial charge >= 0.3 is 0 Å². The Morgan fingerprint density at radius 2 is 0.786 bits per heavy atom. The van der Waals surface area contributed by atoms with Gasteiger partial charge in [-0.3, -0.25) is 0 Å². The van der Waals surface area contributed by atoms with Crippen LogP contribution >= 0.6 is 6.04 Å². The van der Waals surface area contributed by atoms with Gasteiger partial charge in [-0.25, -0.2) is 0 Å². The summed E-state index contributed by atoms with van der Waals surface area (Å²) in [6.45, 7) is 0. The van der Waals surface area contributed by atoms with Gasteiger partial charge < -0.3 is 0 Å². The van der Waals surface area contributed by atoms with E-state index in [2.05, 4.69) is 164 Å². The van der Waals surface area contributed by atoms with Crippen LogP contribution in [-0.4, -0.2) is 0 Å². The lowest BCUT2D eigenvalue weighted by Crippen LogP contribution is -2.24. The lowest BCUT2D eigenvalue weighted by molar-refractivity contribution is 1.69. The van der Waals surface area contributed by atoms with Gasteiger partial charge in [-0.1, -0.05) is 170 Å². The van der Waals surface area contributed by atoms with E-state index in [9.17, 15) is 0 Å². The molecular weight excluding hydrogens is 543 g/mol. The van der Waals surface area contributed by atoms with Crippen molar-refractivity contribution in [2.45, 2.75) is 0 Å². The molecule has 0 fully saturated rings. The molecule has 0 amide bonds. The smallest absolute Gasteiger partial charge is 0.0379 e. The first kappa shape index (κ1) is 25.2. The van der Waals surface area contributed by atoms with Gasteiger partial charge in [-0.05, 0) is 76.2 Å². The normalized spacial score (nSPS) is 11.9. The highest BCUT2D eigenvalue weighted by Crippen LogP contribution is 2.44. The largest absolute Gasteiger partial charge is 0.0826 e. The zero-order valence-electron chi connectivity index (χ0n) is 22.9. The van der Waals surface area contributed by atoms with Crippen molar-refractivity contribution in [3.05, 3.63) is 164 Å². The Morgan fingerprint density at radius 1 is 0.333 bits per heavy atom. The predicted octanol–water partition coefficient (Wildman–Crippen LogP) is 9.72. The molecule has 0 radical (unpaired) electrons. The fraction of sp³-hybridized carbons (Fsp3) is 0. The molecule has 0 aromatic heterocycles. The molecule has 0 saturated carbocycles. The van der Waals surface area contributed by atoms with Gasteiger partial charge in [0.25, 0.3) is 0 Å². The summed E-state index contributed by atoms with van der Waals surface area (Å²) in [6.07, 6.45) is 0. The Bertz CT molecular complexity index is 2260. The molecule has 42 heavy (non-hydrogen) atoms. The Morgan fingerprint density at radius 3 is 1.43 bits per heavy atom. The number of fused-ring (bicyclic) bond motifs is 7. The van der Waals surface area contributed by atoms with Gasteiger partial charge in [0.15, 0.2) is 0 Å². The maximum absolute atomic E-state index is 6.60. The molecule has 0 nitrogen and oxygen atoms in total. The molecule has 8 aromatic carbocycles. The van der Waals surface area contributed by atoms with E-state index in [1.165, 1.54) is 70.1 Å². The van der Waals surface area contributed by atoms with Crippen molar-refractivity contribution in [1.82, 2.24) is 0 Å². The van der Waals surface area contributed by atoms with Crippen molar-refractivity contribution in [1.29, 1.82) is 0 Å². The molecule has 0 aliphatic rings. The van der Waals surface area contributed by atoms with Crippen molar-refractivity contribution in [2.24, 2.45) is 0 Å². The van der Waals surface area contributed by atoms with Crippen LogP contribution in [0.4, 0.5) is 0 Å². The summed E-state index contributed by atoms with van der Waals surface area (Å²) in [6, 6.07) is 57.2. The monoisotopic (exact) mass is 570 g/mol. The van der Waals surface area contributed by atoms with Crippen molar-refractivity contribution in [2.75, 3.05) is 0 Å². The third kappa shape index (κ3) is 3.93. The first-order chi connectivity index (χ1) is 20.7. The minimum Gasteiger partial charge on any atom is -0.0826 e. The fourth-order valence-electron chi connectivity index (χ4n) is 6.49. The summed E-state index contributed by atoms with van der Waals surface area (Å²) < 4.78 is 0. The van der Waals surface area contributed by atoms with E-state index in [-0.39, 0.29) is 0 Å². The van der Waals surface area contributed by atoms with Crippen LogP contribution in [0.5, 0.6) is 0 Å². The number of hydrogen-bond acceptors (Lipinski definition) is 1. The van der Waals surface area contributed by atoms with Gasteiger partial charge in [-0.15, -0.1) is 0 Å². The van der Waals surface area contributed by atoms with Gasteiger partial charge in [0.2, 0.25) is 0 Å². The average molecular weight is 571 g/mol. The molecule has 2 heteroatoms. The third-order valence-corrected chi connectivity index (χ3v) is 13.5. The fourth-order valence-corrected chi connectivity index (χ4v) is 10.2. The Balaban J connectivity index is 1.35. The van der Waals surface area contributed by atoms with Crippen LogP contribution in [0.3, 0.4) is 0 Å². The van der Waals surface area contributed by atoms with Crippen LogP contribution in [0.15, 0.2) is 164 Å². The molecule has 0 unspecified atom stereocenters. The first-order valence-corrected chi connectivity index (χ1v) is 17.1. The molecule has 0 spiro atoms. The average Bonchev–Trinajstić information content (AvgIpc) is 3.08. The molecule has 0 aliphatic heterocycles. The SMILES string of the molecule is S=P(c1ccccc1)(c1ccccc1)c1ccc(-c2cc3c(ccc4c5ccccc5ccc43)c3ccccc23)cc1.